The monoisotopic (exact) mass is 294 g/mol. The van der Waals surface area contributed by atoms with Gasteiger partial charge in [0.2, 0.25) is 0 Å². The molecular weight excluding hydrogens is 264 g/mol. The predicted octanol–water partition coefficient (Wildman–Crippen LogP) is 4.60. The minimum Gasteiger partial charge on any atom is -0.326 e. The highest BCUT2D eigenvalue weighted by Crippen LogP contribution is 2.50. The molecule has 0 spiro atoms. The van der Waals surface area contributed by atoms with Crippen LogP contribution in [0.1, 0.15) is 77.0 Å². The summed E-state index contributed by atoms with van der Waals surface area (Å²) in [5, 5.41) is 0. The summed E-state index contributed by atoms with van der Waals surface area (Å²) < 4.78 is 18.9. The zero-order valence-electron chi connectivity index (χ0n) is 13.2. The normalized spacial score (nSPS) is 35.7. The average molecular weight is 294 g/mol. The molecule has 0 aromatic heterocycles. The molecule has 1 saturated heterocycles. The predicted molar refractivity (Wildman–Crippen MR) is 80.5 cm³/mol. The molecule has 1 unspecified atom stereocenters. The van der Waals surface area contributed by atoms with Crippen molar-refractivity contribution in [2.75, 3.05) is 6.79 Å². The van der Waals surface area contributed by atoms with Gasteiger partial charge < -0.3 is 14.2 Å². The van der Waals surface area contributed by atoms with Crippen LogP contribution < -0.4 is 0 Å². The Kier molecular flexibility index (Phi) is 4.25. The molecule has 1 heterocycles. The lowest BCUT2D eigenvalue weighted by Gasteiger charge is -2.49. The van der Waals surface area contributed by atoms with E-state index in [1.54, 1.807) is 0 Å². The highest BCUT2D eigenvalue weighted by atomic mass is 16.9. The van der Waals surface area contributed by atoms with Crippen LogP contribution in [0.25, 0.3) is 0 Å². The molecule has 21 heavy (non-hydrogen) atoms. The maximum atomic E-state index is 6.68. The van der Waals surface area contributed by atoms with Crippen LogP contribution in [-0.2, 0) is 14.2 Å². The summed E-state index contributed by atoms with van der Waals surface area (Å²) >= 11 is 0. The van der Waals surface area contributed by atoms with Gasteiger partial charge in [-0.15, -0.1) is 0 Å². The van der Waals surface area contributed by atoms with Crippen molar-refractivity contribution in [2.24, 2.45) is 17.8 Å². The van der Waals surface area contributed by atoms with E-state index < -0.39 is 0 Å². The van der Waals surface area contributed by atoms with Crippen LogP contribution in [0.2, 0.25) is 0 Å². The fraction of sp³-hybridized carbons (Fsp3) is 1.00. The fourth-order valence-corrected chi connectivity index (χ4v) is 5.32. The van der Waals surface area contributed by atoms with Gasteiger partial charge in [0.05, 0.1) is 0 Å². The van der Waals surface area contributed by atoms with Gasteiger partial charge in [-0.2, -0.15) is 0 Å². The summed E-state index contributed by atoms with van der Waals surface area (Å²) in [5.41, 5.74) is 0. The maximum absolute atomic E-state index is 6.68. The van der Waals surface area contributed by atoms with E-state index in [4.69, 9.17) is 14.2 Å². The Morgan fingerprint density at radius 2 is 1.19 bits per heavy atom. The zero-order chi connectivity index (χ0) is 14.1. The Hall–Kier alpha value is -0.120. The second-order valence-corrected chi connectivity index (χ2v) is 7.64. The van der Waals surface area contributed by atoms with E-state index in [2.05, 4.69) is 0 Å². The van der Waals surface area contributed by atoms with Crippen LogP contribution in [0, 0.1) is 17.8 Å². The summed E-state index contributed by atoms with van der Waals surface area (Å²) in [4.78, 5) is 0. The van der Waals surface area contributed by atoms with Gasteiger partial charge in [0.15, 0.2) is 18.9 Å². The van der Waals surface area contributed by atoms with Crippen LogP contribution in [0.4, 0.5) is 0 Å². The standard InChI is InChI=1S/C18H30O3/c1-2-8-14(7-1)17-19-13-20-18(21-17,15-9-3-4-10-15)16-11-5-6-12-16/h14-17H,1-13H2. The molecule has 0 aromatic rings. The molecule has 4 rings (SSSR count). The number of rotatable bonds is 3. The molecule has 0 aromatic carbocycles. The van der Waals surface area contributed by atoms with E-state index in [-0.39, 0.29) is 12.1 Å². The zero-order valence-corrected chi connectivity index (χ0v) is 13.2. The number of hydrogen-bond acceptors (Lipinski definition) is 3. The second-order valence-electron chi connectivity index (χ2n) is 7.64. The van der Waals surface area contributed by atoms with Crippen molar-refractivity contribution >= 4 is 0 Å². The van der Waals surface area contributed by atoms with Crippen molar-refractivity contribution in [3.63, 3.8) is 0 Å². The number of hydrogen-bond donors (Lipinski definition) is 0. The molecule has 3 nitrogen and oxygen atoms in total. The van der Waals surface area contributed by atoms with Crippen molar-refractivity contribution in [3.05, 3.63) is 0 Å². The maximum Gasteiger partial charge on any atom is 0.179 e. The molecule has 1 aliphatic heterocycles. The van der Waals surface area contributed by atoms with Crippen molar-refractivity contribution in [1.29, 1.82) is 0 Å². The van der Waals surface area contributed by atoms with E-state index in [1.807, 2.05) is 0 Å². The van der Waals surface area contributed by atoms with E-state index in [0.29, 0.717) is 24.5 Å². The Labute approximate surface area is 128 Å². The van der Waals surface area contributed by atoms with Gasteiger partial charge in [-0.05, 0) is 38.5 Å². The molecule has 1 atom stereocenters. The van der Waals surface area contributed by atoms with Gasteiger partial charge in [0.25, 0.3) is 0 Å². The van der Waals surface area contributed by atoms with Crippen LogP contribution >= 0.6 is 0 Å². The van der Waals surface area contributed by atoms with E-state index >= 15 is 0 Å². The fourth-order valence-electron chi connectivity index (χ4n) is 5.32. The highest BCUT2D eigenvalue weighted by molar-refractivity contribution is 4.93. The lowest BCUT2D eigenvalue weighted by Crippen LogP contribution is -2.56. The Morgan fingerprint density at radius 1 is 0.667 bits per heavy atom. The molecule has 0 radical (unpaired) electrons. The largest absolute Gasteiger partial charge is 0.326 e. The van der Waals surface area contributed by atoms with E-state index in [1.165, 1.54) is 77.0 Å². The lowest BCUT2D eigenvalue weighted by atomic mass is 9.83. The summed E-state index contributed by atoms with van der Waals surface area (Å²) in [6, 6.07) is 0. The molecule has 3 heteroatoms. The first kappa shape index (κ1) is 14.5. The van der Waals surface area contributed by atoms with E-state index in [0.717, 1.165) is 0 Å². The second kappa shape index (κ2) is 6.17. The van der Waals surface area contributed by atoms with E-state index in [9.17, 15) is 0 Å². The molecule has 3 aliphatic carbocycles. The third-order valence-corrected chi connectivity index (χ3v) is 6.45. The van der Waals surface area contributed by atoms with Gasteiger partial charge in [-0.25, -0.2) is 0 Å². The average Bonchev–Trinajstić information content (AvgIpc) is 3.30. The van der Waals surface area contributed by atoms with Crippen molar-refractivity contribution in [1.82, 2.24) is 0 Å². The van der Waals surface area contributed by atoms with Gasteiger partial charge in [-0.3, -0.25) is 0 Å². The van der Waals surface area contributed by atoms with Gasteiger partial charge in [0, 0.05) is 17.8 Å². The first-order valence-electron chi connectivity index (χ1n) is 9.32. The summed E-state index contributed by atoms with van der Waals surface area (Å²) in [5.74, 6) is 1.51. The van der Waals surface area contributed by atoms with Crippen molar-refractivity contribution < 1.29 is 14.2 Å². The van der Waals surface area contributed by atoms with Crippen LogP contribution in [-0.4, -0.2) is 18.9 Å². The first-order chi connectivity index (χ1) is 10.4. The van der Waals surface area contributed by atoms with Gasteiger partial charge in [0.1, 0.15) is 0 Å². The Bertz CT molecular complexity index is 322. The third kappa shape index (κ3) is 2.66. The Morgan fingerprint density at radius 3 is 1.76 bits per heavy atom. The molecule has 3 saturated carbocycles. The van der Waals surface area contributed by atoms with Crippen molar-refractivity contribution in [3.8, 4) is 0 Å². The molecule has 0 bridgehead atoms. The Balaban J connectivity index is 1.55. The first-order valence-corrected chi connectivity index (χ1v) is 9.32. The minimum atomic E-state index is -0.307. The minimum absolute atomic E-state index is 0.00227. The van der Waals surface area contributed by atoms with Crippen molar-refractivity contribution in [2.45, 2.75) is 89.1 Å². The third-order valence-electron chi connectivity index (χ3n) is 6.45. The highest BCUT2D eigenvalue weighted by Gasteiger charge is 2.53. The smallest absolute Gasteiger partial charge is 0.179 e. The number of ether oxygens (including phenoxy) is 3. The molecule has 0 amide bonds. The molecule has 4 aliphatic rings. The molecule has 0 N–H and O–H groups in total. The lowest BCUT2D eigenvalue weighted by molar-refractivity contribution is -0.435. The molecule has 4 fully saturated rings. The molecular formula is C18H30O3. The molecule has 120 valence electrons. The summed E-state index contributed by atoms with van der Waals surface area (Å²) in [7, 11) is 0. The summed E-state index contributed by atoms with van der Waals surface area (Å²) in [6.45, 7) is 0.453. The van der Waals surface area contributed by atoms with Crippen LogP contribution in [0.3, 0.4) is 0 Å². The van der Waals surface area contributed by atoms with Gasteiger partial charge in [-0.1, -0.05) is 38.5 Å². The summed E-state index contributed by atoms with van der Waals surface area (Å²) in [6.07, 6.45) is 15.8. The van der Waals surface area contributed by atoms with Crippen LogP contribution in [0.5, 0.6) is 0 Å². The SMILES string of the molecule is C1CCC(C2OCOC(C3CCCC3)(C3CCCC3)O2)C1. The quantitative estimate of drug-likeness (QED) is 0.761. The topological polar surface area (TPSA) is 27.7 Å². The van der Waals surface area contributed by atoms with Crippen LogP contribution in [0.15, 0.2) is 0 Å². The van der Waals surface area contributed by atoms with Gasteiger partial charge >= 0.3 is 0 Å².